The number of nitrogens with zero attached hydrogens (tertiary/aromatic N) is 1. The Labute approximate surface area is 149 Å². The Balaban J connectivity index is 0.00000176. The van der Waals surface area contributed by atoms with Gasteiger partial charge in [0.05, 0.1) is 16.1 Å². The van der Waals surface area contributed by atoms with Crippen LogP contribution in [0.2, 0.25) is 10.0 Å². The van der Waals surface area contributed by atoms with Crippen molar-refractivity contribution >= 4 is 46.9 Å². The maximum absolute atomic E-state index is 14.4. The molecule has 2 aromatic rings. The van der Waals surface area contributed by atoms with Crippen molar-refractivity contribution in [1.29, 1.82) is 0 Å². The molecule has 0 unspecified atom stereocenters. The van der Waals surface area contributed by atoms with Crippen molar-refractivity contribution in [2.24, 2.45) is 0 Å². The summed E-state index contributed by atoms with van der Waals surface area (Å²) in [4.78, 5) is 2.25. The van der Waals surface area contributed by atoms with E-state index in [0.717, 1.165) is 31.7 Å². The smallest absolute Gasteiger partial charge is 0.129 e. The molecule has 1 N–H and O–H groups in total. The fraction of sp³-hybridized carbons (Fsp3) is 0.333. The van der Waals surface area contributed by atoms with Crippen molar-refractivity contribution in [2.45, 2.75) is 6.04 Å². The van der Waals surface area contributed by atoms with Crippen LogP contribution >= 0.6 is 46.9 Å². The molecule has 0 aliphatic carbocycles. The maximum atomic E-state index is 14.4. The second-order valence-corrected chi connectivity index (χ2v) is 6.57. The third-order valence-electron chi connectivity index (χ3n) is 3.73. The summed E-state index contributed by atoms with van der Waals surface area (Å²) in [6.45, 7) is 3.48. The van der Waals surface area contributed by atoms with E-state index in [-0.39, 0.29) is 24.3 Å². The molecule has 2 nitrogen and oxygen atoms in total. The van der Waals surface area contributed by atoms with Crippen LogP contribution in [0.4, 0.5) is 4.39 Å². The van der Waals surface area contributed by atoms with Crippen molar-refractivity contribution in [1.82, 2.24) is 10.2 Å². The molecule has 1 aromatic carbocycles. The van der Waals surface area contributed by atoms with Gasteiger partial charge < -0.3 is 5.32 Å². The average molecular weight is 382 g/mol. The summed E-state index contributed by atoms with van der Waals surface area (Å²) in [6, 6.07) is 4.73. The summed E-state index contributed by atoms with van der Waals surface area (Å²) in [7, 11) is 0. The molecular weight excluding hydrogens is 366 g/mol. The van der Waals surface area contributed by atoms with E-state index < -0.39 is 0 Å². The van der Waals surface area contributed by atoms with E-state index in [2.05, 4.69) is 10.2 Å². The van der Waals surface area contributed by atoms with E-state index in [9.17, 15) is 4.39 Å². The molecule has 0 amide bonds. The standard InChI is InChI=1S/C15H15Cl2FN2S.ClH/c16-11-1-2-12(18)13(14(11)17)15(10-3-8-21-9-10)20-6-4-19-5-7-20;/h1-3,8-9,15,19H,4-7H2;1H/t15-;/m0./s1. The Bertz CT molecular complexity index is 616. The number of piperazine rings is 1. The van der Waals surface area contributed by atoms with Crippen LogP contribution in [-0.2, 0) is 0 Å². The first-order valence-corrected chi connectivity index (χ1v) is 8.48. The topological polar surface area (TPSA) is 15.3 Å². The first kappa shape index (κ1) is 18.0. The Hall–Kier alpha value is -0.360. The van der Waals surface area contributed by atoms with Crippen molar-refractivity contribution in [3.63, 3.8) is 0 Å². The van der Waals surface area contributed by atoms with Crippen LogP contribution in [0.5, 0.6) is 0 Å². The van der Waals surface area contributed by atoms with E-state index in [4.69, 9.17) is 23.2 Å². The van der Waals surface area contributed by atoms with Gasteiger partial charge in [-0.25, -0.2) is 4.39 Å². The van der Waals surface area contributed by atoms with Crippen LogP contribution < -0.4 is 5.32 Å². The molecule has 0 bridgehead atoms. The lowest BCUT2D eigenvalue weighted by molar-refractivity contribution is 0.196. The summed E-state index contributed by atoms with van der Waals surface area (Å²) in [5.74, 6) is -0.306. The number of hydrogen-bond acceptors (Lipinski definition) is 3. The minimum Gasteiger partial charge on any atom is -0.314 e. The van der Waals surface area contributed by atoms with Crippen molar-refractivity contribution in [2.75, 3.05) is 26.2 Å². The van der Waals surface area contributed by atoms with Gasteiger partial charge in [-0.1, -0.05) is 23.2 Å². The third-order valence-corrected chi connectivity index (χ3v) is 5.25. The average Bonchev–Trinajstić information content (AvgIpc) is 3.02. The van der Waals surface area contributed by atoms with Gasteiger partial charge in [0.15, 0.2) is 0 Å². The Morgan fingerprint density at radius 1 is 1.18 bits per heavy atom. The van der Waals surface area contributed by atoms with Crippen molar-refractivity contribution < 1.29 is 4.39 Å². The molecule has 1 aliphatic rings. The lowest BCUT2D eigenvalue weighted by Crippen LogP contribution is -2.45. The highest BCUT2D eigenvalue weighted by Crippen LogP contribution is 2.39. The molecule has 1 aromatic heterocycles. The van der Waals surface area contributed by atoms with E-state index in [1.165, 1.54) is 12.1 Å². The van der Waals surface area contributed by atoms with Gasteiger partial charge in [0.2, 0.25) is 0 Å². The predicted molar refractivity (Wildman–Crippen MR) is 94.3 cm³/mol. The first-order valence-electron chi connectivity index (χ1n) is 6.78. The summed E-state index contributed by atoms with van der Waals surface area (Å²) >= 11 is 14.0. The van der Waals surface area contributed by atoms with Gasteiger partial charge in [0.25, 0.3) is 0 Å². The Morgan fingerprint density at radius 2 is 1.91 bits per heavy atom. The number of benzene rings is 1. The van der Waals surface area contributed by atoms with Gasteiger partial charge in [0.1, 0.15) is 5.82 Å². The van der Waals surface area contributed by atoms with Crippen molar-refractivity contribution in [3.05, 3.63) is 55.9 Å². The fourth-order valence-corrected chi connectivity index (χ4v) is 3.82. The molecule has 0 spiro atoms. The normalized spacial score (nSPS) is 17.0. The molecule has 120 valence electrons. The highest BCUT2D eigenvalue weighted by Gasteiger charge is 2.29. The molecule has 1 saturated heterocycles. The second kappa shape index (κ2) is 7.95. The van der Waals surface area contributed by atoms with E-state index in [0.29, 0.717) is 15.6 Å². The van der Waals surface area contributed by atoms with Crippen molar-refractivity contribution in [3.8, 4) is 0 Å². The fourth-order valence-electron chi connectivity index (χ4n) is 2.72. The quantitative estimate of drug-likeness (QED) is 0.781. The largest absolute Gasteiger partial charge is 0.314 e. The summed E-state index contributed by atoms with van der Waals surface area (Å²) in [5, 5.41) is 8.06. The SMILES string of the molecule is Cl.Fc1ccc(Cl)c(Cl)c1[C@H](c1ccsc1)N1CCNCC1. The van der Waals surface area contributed by atoms with Crippen LogP contribution in [-0.4, -0.2) is 31.1 Å². The van der Waals surface area contributed by atoms with Gasteiger partial charge in [-0.15, -0.1) is 12.4 Å². The monoisotopic (exact) mass is 380 g/mol. The number of rotatable bonds is 3. The molecule has 0 saturated carbocycles. The minimum absolute atomic E-state index is 0. The molecule has 0 radical (unpaired) electrons. The Morgan fingerprint density at radius 3 is 2.55 bits per heavy atom. The zero-order valence-electron chi connectivity index (χ0n) is 11.7. The zero-order valence-corrected chi connectivity index (χ0v) is 14.8. The van der Waals surface area contributed by atoms with E-state index in [1.807, 2.05) is 16.8 Å². The summed E-state index contributed by atoms with van der Waals surface area (Å²) in [5.41, 5.74) is 1.54. The summed E-state index contributed by atoms with van der Waals surface area (Å²) in [6.07, 6.45) is 0. The third kappa shape index (κ3) is 3.58. The molecule has 3 rings (SSSR count). The second-order valence-electron chi connectivity index (χ2n) is 5.00. The molecular formula is C15H16Cl3FN2S. The van der Waals surface area contributed by atoms with Crippen LogP contribution in [0.25, 0.3) is 0 Å². The minimum atomic E-state index is -0.306. The van der Waals surface area contributed by atoms with Gasteiger partial charge in [-0.05, 0) is 34.5 Å². The highest BCUT2D eigenvalue weighted by molar-refractivity contribution is 7.08. The molecule has 1 fully saturated rings. The van der Waals surface area contributed by atoms with Crippen LogP contribution in [0.15, 0.2) is 29.0 Å². The van der Waals surface area contributed by atoms with Crippen LogP contribution in [0.3, 0.4) is 0 Å². The number of hydrogen-bond donors (Lipinski definition) is 1. The summed E-state index contributed by atoms with van der Waals surface area (Å²) < 4.78 is 14.4. The number of nitrogens with one attached hydrogen (secondary N) is 1. The first-order chi connectivity index (χ1) is 10.2. The zero-order chi connectivity index (χ0) is 14.8. The lowest BCUT2D eigenvalue weighted by Gasteiger charge is -2.35. The highest BCUT2D eigenvalue weighted by atomic mass is 35.5. The lowest BCUT2D eigenvalue weighted by atomic mass is 9.98. The van der Waals surface area contributed by atoms with Crippen LogP contribution in [0.1, 0.15) is 17.2 Å². The van der Waals surface area contributed by atoms with E-state index in [1.54, 1.807) is 11.3 Å². The maximum Gasteiger partial charge on any atom is 0.129 e. The molecule has 22 heavy (non-hydrogen) atoms. The van der Waals surface area contributed by atoms with Gasteiger partial charge >= 0.3 is 0 Å². The van der Waals surface area contributed by atoms with Gasteiger partial charge in [0, 0.05) is 31.7 Å². The molecule has 2 heterocycles. The predicted octanol–water partition coefficient (Wildman–Crippen LogP) is 4.61. The molecule has 1 atom stereocenters. The number of thiophene rings is 1. The van der Waals surface area contributed by atoms with Crippen LogP contribution in [0, 0.1) is 5.82 Å². The molecule has 1 aliphatic heterocycles. The van der Waals surface area contributed by atoms with Gasteiger partial charge in [-0.3, -0.25) is 4.90 Å². The number of halogens is 4. The van der Waals surface area contributed by atoms with Gasteiger partial charge in [-0.2, -0.15) is 11.3 Å². The molecule has 7 heteroatoms. The Kier molecular flexibility index (Phi) is 6.50. The van der Waals surface area contributed by atoms with E-state index >= 15 is 0 Å².